The molecule has 2 bridgehead atoms. The van der Waals surface area contributed by atoms with Gasteiger partial charge in [-0.3, -0.25) is 0 Å². The van der Waals surface area contributed by atoms with E-state index in [0.29, 0.717) is 0 Å². The predicted molar refractivity (Wildman–Crippen MR) is 187 cm³/mol. The quantitative estimate of drug-likeness (QED) is 0.299. The van der Waals surface area contributed by atoms with Crippen LogP contribution in [0.2, 0.25) is 0 Å². The van der Waals surface area contributed by atoms with Crippen LogP contribution in [0.1, 0.15) is 87.4 Å². The van der Waals surface area contributed by atoms with Crippen LogP contribution in [0.5, 0.6) is 0 Å². The SMILES string of the molecule is O=c1n(Cc2ccccc2)c(=O)n2n1C1C(=C[C@H]3[C@@H]1[C@@H]1C=C[C@@]34C1n1c(=O)n(Cc3ccccc3)c(=O)n1C41CCCCC1)C21CCCCC1. The fourth-order valence-corrected chi connectivity index (χ4v) is 12.8. The molecule has 2 aromatic heterocycles. The summed E-state index contributed by atoms with van der Waals surface area (Å²) in [4.78, 5) is 58.2. The smallest absolute Gasteiger partial charge is 0.246 e. The van der Waals surface area contributed by atoms with Gasteiger partial charge in [-0.1, -0.05) is 117 Å². The number of fused-ring (bicyclic) bond motifs is 10. The van der Waals surface area contributed by atoms with Crippen LogP contribution < -0.4 is 22.8 Å². The lowest BCUT2D eigenvalue weighted by atomic mass is 9.57. The molecule has 0 amide bonds. The Kier molecular flexibility index (Phi) is 5.71. The van der Waals surface area contributed by atoms with Crippen molar-refractivity contribution in [2.24, 2.45) is 23.2 Å². The molecular formula is C40H42N6O4. The van der Waals surface area contributed by atoms with Gasteiger partial charge in [-0.05, 0) is 48.3 Å². The molecule has 3 fully saturated rings. The molecule has 2 unspecified atom stereocenters. The number of benzene rings is 2. The van der Waals surface area contributed by atoms with Gasteiger partial charge in [0.1, 0.15) is 0 Å². The second kappa shape index (κ2) is 9.80. The molecule has 4 heterocycles. The molecule has 2 aliphatic heterocycles. The van der Waals surface area contributed by atoms with Crippen molar-refractivity contribution in [2.75, 3.05) is 0 Å². The van der Waals surface area contributed by atoms with Crippen molar-refractivity contribution >= 4 is 0 Å². The lowest BCUT2D eigenvalue weighted by molar-refractivity contribution is 0.0375. The first-order valence-electron chi connectivity index (χ1n) is 18.8. The molecule has 11 rings (SSSR count). The van der Waals surface area contributed by atoms with Crippen LogP contribution in [-0.2, 0) is 24.2 Å². The molecule has 2 aromatic carbocycles. The molecule has 5 aliphatic carbocycles. The molecule has 4 aromatic rings. The van der Waals surface area contributed by atoms with E-state index in [0.717, 1.165) is 75.3 Å². The summed E-state index contributed by atoms with van der Waals surface area (Å²) in [5, 5.41) is 0. The Labute approximate surface area is 288 Å². The summed E-state index contributed by atoms with van der Waals surface area (Å²) in [5.41, 5.74) is 0.785. The van der Waals surface area contributed by atoms with Crippen LogP contribution in [-0.4, -0.2) is 27.9 Å². The van der Waals surface area contributed by atoms with Gasteiger partial charge in [0.25, 0.3) is 0 Å². The van der Waals surface area contributed by atoms with E-state index in [9.17, 15) is 19.2 Å². The van der Waals surface area contributed by atoms with Crippen molar-refractivity contribution in [3.8, 4) is 0 Å². The molecule has 3 saturated carbocycles. The Morgan fingerprint density at radius 3 is 1.80 bits per heavy atom. The topological polar surface area (TPSA) is 97.9 Å². The van der Waals surface area contributed by atoms with Crippen molar-refractivity contribution < 1.29 is 0 Å². The first-order valence-corrected chi connectivity index (χ1v) is 18.8. The summed E-state index contributed by atoms with van der Waals surface area (Å²) in [6.45, 7) is 0.495. The highest BCUT2D eigenvalue weighted by Gasteiger charge is 2.79. The van der Waals surface area contributed by atoms with Gasteiger partial charge < -0.3 is 0 Å². The minimum atomic E-state index is -0.516. The number of allylic oxidation sites excluding steroid dienone is 4. The second-order valence-corrected chi connectivity index (χ2v) is 16.3. The van der Waals surface area contributed by atoms with Gasteiger partial charge in [-0.25, -0.2) is 47.0 Å². The van der Waals surface area contributed by atoms with Gasteiger partial charge in [0.05, 0.1) is 36.3 Å². The Hall–Kier alpha value is -4.60. The van der Waals surface area contributed by atoms with E-state index < -0.39 is 16.5 Å². The maximum atomic E-state index is 14.6. The zero-order valence-corrected chi connectivity index (χ0v) is 28.2. The summed E-state index contributed by atoms with van der Waals surface area (Å²) in [7, 11) is 0. The highest BCUT2D eigenvalue weighted by atomic mass is 16.2. The van der Waals surface area contributed by atoms with Gasteiger partial charge in [0.15, 0.2) is 0 Å². The zero-order valence-electron chi connectivity index (χ0n) is 28.2. The fourth-order valence-electron chi connectivity index (χ4n) is 12.8. The largest absolute Gasteiger partial charge is 0.348 e. The van der Waals surface area contributed by atoms with Crippen LogP contribution in [0.3, 0.4) is 0 Å². The van der Waals surface area contributed by atoms with Crippen molar-refractivity contribution in [2.45, 2.75) is 100 Å². The molecule has 0 N–H and O–H groups in total. The molecule has 10 heteroatoms. The van der Waals surface area contributed by atoms with Crippen molar-refractivity contribution in [3.05, 3.63) is 138 Å². The molecule has 0 radical (unpaired) electrons. The third kappa shape index (κ3) is 3.19. The number of hydrogen-bond acceptors (Lipinski definition) is 4. The third-order valence-corrected chi connectivity index (χ3v) is 14.4. The van der Waals surface area contributed by atoms with Crippen LogP contribution in [0.15, 0.2) is 104 Å². The number of hydrogen-bond donors (Lipinski definition) is 0. The Bertz CT molecular complexity index is 2370. The number of nitrogens with zero attached hydrogens (tertiary/aromatic N) is 6. The van der Waals surface area contributed by atoms with Crippen LogP contribution in [0.25, 0.3) is 0 Å². The van der Waals surface area contributed by atoms with E-state index >= 15 is 0 Å². The fraction of sp³-hybridized carbons (Fsp3) is 0.500. The summed E-state index contributed by atoms with van der Waals surface area (Å²) >= 11 is 0. The first-order chi connectivity index (χ1) is 24.4. The lowest BCUT2D eigenvalue weighted by Crippen LogP contribution is -2.53. The zero-order chi connectivity index (χ0) is 33.6. The van der Waals surface area contributed by atoms with Gasteiger partial charge in [0.2, 0.25) is 0 Å². The van der Waals surface area contributed by atoms with Gasteiger partial charge in [-0.2, -0.15) is 0 Å². The molecule has 10 nitrogen and oxygen atoms in total. The maximum Gasteiger partial charge on any atom is 0.348 e. The monoisotopic (exact) mass is 670 g/mol. The highest BCUT2D eigenvalue weighted by molar-refractivity contribution is 5.46. The Morgan fingerprint density at radius 2 is 1.18 bits per heavy atom. The molecule has 7 aliphatic rings. The average Bonchev–Trinajstić information content (AvgIpc) is 3.97. The van der Waals surface area contributed by atoms with E-state index in [1.165, 1.54) is 14.7 Å². The Morgan fingerprint density at radius 1 is 0.620 bits per heavy atom. The lowest BCUT2D eigenvalue weighted by Gasteiger charge is -2.49. The molecule has 256 valence electrons. The van der Waals surface area contributed by atoms with Gasteiger partial charge >= 0.3 is 22.8 Å². The van der Waals surface area contributed by atoms with Crippen molar-refractivity contribution in [1.29, 1.82) is 0 Å². The van der Waals surface area contributed by atoms with E-state index in [4.69, 9.17) is 0 Å². The van der Waals surface area contributed by atoms with Gasteiger partial charge in [-0.15, -0.1) is 0 Å². The molecule has 50 heavy (non-hydrogen) atoms. The first kappa shape index (κ1) is 29.2. The van der Waals surface area contributed by atoms with E-state index in [1.807, 2.05) is 79.4 Å². The van der Waals surface area contributed by atoms with Crippen molar-refractivity contribution in [1.82, 2.24) is 27.9 Å². The standard InChI is InChI=1S/C40H42N6O4/c47-34-41(24-26-13-5-1-6-14-26)36(49)45-38(18-9-3-10-19-38)30-23-29-31(32(30)43(34)45)28-17-22-40(29)33(28)44-35(48)42(25-27-15-7-2-8-16-27)37(50)46(44)39(40)20-11-4-12-21-39/h1-2,5-8,13-17,22-23,28-29,31-33H,3-4,9-12,18-21,24-25H2/t28-,29-,31-,32?,33?,40-/m0/s1. The minimum absolute atomic E-state index is 0.0317. The van der Waals surface area contributed by atoms with Crippen LogP contribution in [0, 0.1) is 23.2 Å². The molecule has 2 spiro atoms. The normalized spacial score (nSPS) is 31.5. The summed E-state index contributed by atoms with van der Waals surface area (Å²) in [5.74, 6) is 0.0632. The molecular weight excluding hydrogens is 628 g/mol. The summed E-state index contributed by atoms with van der Waals surface area (Å²) in [6, 6.07) is 19.1. The van der Waals surface area contributed by atoms with Crippen molar-refractivity contribution in [3.63, 3.8) is 0 Å². The van der Waals surface area contributed by atoms with Gasteiger partial charge in [0, 0.05) is 17.3 Å². The molecule has 0 saturated heterocycles. The minimum Gasteiger partial charge on any atom is -0.246 e. The summed E-state index contributed by atoms with van der Waals surface area (Å²) in [6.07, 6.45) is 16.9. The van der Waals surface area contributed by atoms with E-state index in [1.54, 1.807) is 0 Å². The Balaban J connectivity index is 1.11. The molecule has 6 atom stereocenters. The average molecular weight is 671 g/mol. The highest BCUT2D eigenvalue weighted by Crippen LogP contribution is 2.78. The van der Waals surface area contributed by atoms with Crippen LogP contribution in [0.4, 0.5) is 0 Å². The number of aromatic nitrogens is 6. The van der Waals surface area contributed by atoms with E-state index in [2.05, 4.69) is 18.2 Å². The predicted octanol–water partition coefficient (Wildman–Crippen LogP) is 4.52. The number of rotatable bonds is 4. The van der Waals surface area contributed by atoms with E-state index in [-0.39, 0.29) is 65.7 Å². The van der Waals surface area contributed by atoms with Crippen LogP contribution >= 0.6 is 0 Å². The third-order valence-electron chi connectivity index (χ3n) is 14.4. The maximum absolute atomic E-state index is 14.6. The summed E-state index contributed by atoms with van der Waals surface area (Å²) < 4.78 is 10.4. The second-order valence-electron chi connectivity index (χ2n) is 16.3.